The van der Waals surface area contributed by atoms with Crippen molar-refractivity contribution in [1.29, 1.82) is 0 Å². The average Bonchev–Trinajstić information content (AvgIpc) is 2.66. The molecule has 104 valence electrons. The van der Waals surface area contributed by atoms with Crippen LogP contribution in [0.15, 0.2) is 64.4 Å². The van der Waals surface area contributed by atoms with E-state index in [-0.39, 0.29) is 11.2 Å². The highest BCUT2D eigenvalue weighted by Crippen LogP contribution is 2.42. The Kier molecular flexibility index (Phi) is 3.38. The van der Waals surface area contributed by atoms with E-state index in [0.717, 1.165) is 11.3 Å². The molecular weight excluding hydrogens is 288 g/mol. The second-order valence-corrected chi connectivity index (χ2v) is 8.42. The van der Waals surface area contributed by atoms with Crippen molar-refractivity contribution in [3.05, 3.63) is 60.2 Å². The molecule has 0 fully saturated rings. The van der Waals surface area contributed by atoms with Crippen molar-refractivity contribution in [2.24, 2.45) is 0 Å². The lowest BCUT2D eigenvalue weighted by molar-refractivity contribution is 0.577. The first kappa shape index (κ1) is 13.7. The van der Waals surface area contributed by atoms with Crippen molar-refractivity contribution >= 4 is 21.6 Å². The Hall–Kier alpha value is -1.26. The van der Waals surface area contributed by atoms with Crippen LogP contribution in [0.1, 0.15) is 12.5 Å². The molecule has 0 spiro atoms. The Bertz CT molecular complexity index is 723. The minimum atomic E-state index is -3.13. The first-order valence-corrected chi connectivity index (χ1v) is 9.15. The summed E-state index contributed by atoms with van der Waals surface area (Å²) in [6, 6.07) is 17.5. The summed E-state index contributed by atoms with van der Waals surface area (Å²) in [5, 5.41) is 0. The molecule has 0 saturated carbocycles. The number of fused-ring (bicyclic) bond motifs is 1. The van der Waals surface area contributed by atoms with Gasteiger partial charge in [0.25, 0.3) is 0 Å². The van der Waals surface area contributed by atoms with Gasteiger partial charge in [0.15, 0.2) is 9.84 Å². The minimum absolute atomic E-state index is 0.208. The fourth-order valence-corrected chi connectivity index (χ4v) is 6.10. The molecule has 0 radical (unpaired) electrons. The molecule has 4 heteroatoms. The van der Waals surface area contributed by atoms with Crippen molar-refractivity contribution in [1.82, 2.24) is 0 Å². The zero-order valence-electron chi connectivity index (χ0n) is 11.2. The molecule has 2 nitrogen and oxygen atoms in total. The summed E-state index contributed by atoms with van der Waals surface area (Å²) in [5.41, 5.74) is 0.652. The van der Waals surface area contributed by atoms with Crippen LogP contribution in [0, 0.1) is 0 Å². The third-order valence-corrected chi connectivity index (χ3v) is 7.11. The van der Waals surface area contributed by atoms with Crippen molar-refractivity contribution in [2.45, 2.75) is 22.1 Å². The molecule has 1 aliphatic rings. The number of hydrogen-bond donors (Lipinski definition) is 0. The van der Waals surface area contributed by atoms with Gasteiger partial charge in [-0.3, -0.25) is 0 Å². The maximum absolute atomic E-state index is 12.3. The van der Waals surface area contributed by atoms with Gasteiger partial charge in [0.1, 0.15) is 0 Å². The van der Waals surface area contributed by atoms with Crippen LogP contribution in [0.3, 0.4) is 0 Å². The molecule has 0 aromatic heterocycles. The van der Waals surface area contributed by atoms with E-state index in [2.05, 4.69) is 12.1 Å². The average molecular weight is 304 g/mol. The van der Waals surface area contributed by atoms with E-state index in [4.69, 9.17) is 0 Å². The van der Waals surface area contributed by atoms with Gasteiger partial charge in [0.05, 0.1) is 10.6 Å². The molecule has 0 saturated heterocycles. The lowest BCUT2D eigenvalue weighted by atomic mass is 9.87. The van der Waals surface area contributed by atoms with E-state index in [0.29, 0.717) is 4.90 Å². The summed E-state index contributed by atoms with van der Waals surface area (Å²) >= 11 is 1.72. The second kappa shape index (κ2) is 4.93. The van der Waals surface area contributed by atoms with Crippen molar-refractivity contribution < 1.29 is 8.42 Å². The fourth-order valence-electron chi connectivity index (χ4n) is 2.69. The first-order valence-electron chi connectivity index (χ1n) is 6.51. The Labute approximate surface area is 124 Å². The van der Waals surface area contributed by atoms with E-state index < -0.39 is 9.84 Å². The Morgan fingerprint density at radius 2 is 1.70 bits per heavy atom. The molecule has 0 amide bonds. The molecule has 2 aromatic carbocycles. The van der Waals surface area contributed by atoms with Gasteiger partial charge in [-0.15, -0.1) is 11.8 Å². The molecular formula is C16H16O2S2. The van der Waals surface area contributed by atoms with E-state index in [9.17, 15) is 8.42 Å². The minimum Gasteiger partial charge on any atom is -0.224 e. The predicted octanol–water partition coefficient (Wildman–Crippen LogP) is 3.52. The summed E-state index contributed by atoms with van der Waals surface area (Å²) < 4.78 is 24.5. The lowest BCUT2D eigenvalue weighted by Gasteiger charge is -2.23. The molecule has 1 aliphatic heterocycles. The van der Waals surface area contributed by atoms with Crippen LogP contribution in [-0.2, 0) is 15.3 Å². The lowest BCUT2D eigenvalue weighted by Crippen LogP contribution is -2.27. The monoisotopic (exact) mass is 304 g/mol. The normalized spacial score (nSPS) is 23.4. The van der Waals surface area contributed by atoms with Crippen LogP contribution in [0.25, 0.3) is 0 Å². The molecule has 1 unspecified atom stereocenters. The molecule has 1 atom stereocenters. The van der Waals surface area contributed by atoms with Crippen molar-refractivity contribution in [2.75, 3.05) is 11.5 Å². The van der Waals surface area contributed by atoms with Gasteiger partial charge in [-0.1, -0.05) is 43.3 Å². The third-order valence-electron chi connectivity index (χ3n) is 3.68. The van der Waals surface area contributed by atoms with Crippen LogP contribution < -0.4 is 0 Å². The molecule has 0 N–H and O–H groups in total. The van der Waals surface area contributed by atoms with Crippen molar-refractivity contribution in [3.63, 3.8) is 0 Å². The van der Waals surface area contributed by atoms with E-state index in [1.807, 2.05) is 37.3 Å². The van der Waals surface area contributed by atoms with Gasteiger partial charge < -0.3 is 0 Å². The van der Waals surface area contributed by atoms with Gasteiger partial charge in [-0.05, 0) is 23.8 Å². The highest BCUT2D eigenvalue weighted by atomic mass is 32.2. The summed E-state index contributed by atoms with van der Waals surface area (Å²) in [6.45, 7) is 2.05. The predicted molar refractivity (Wildman–Crippen MR) is 83.0 cm³/mol. The number of hydrogen-bond acceptors (Lipinski definition) is 3. The van der Waals surface area contributed by atoms with Crippen LogP contribution in [0.2, 0.25) is 0 Å². The van der Waals surface area contributed by atoms with Crippen LogP contribution in [0.4, 0.5) is 0 Å². The van der Waals surface area contributed by atoms with E-state index in [1.54, 1.807) is 23.9 Å². The number of benzene rings is 2. The zero-order chi connectivity index (χ0) is 14.2. The quantitative estimate of drug-likeness (QED) is 0.814. The Morgan fingerprint density at radius 1 is 1.05 bits per heavy atom. The van der Waals surface area contributed by atoms with Gasteiger partial charge in [-0.25, -0.2) is 8.42 Å². The molecule has 1 heterocycles. The zero-order valence-corrected chi connectivity index (χ0v) is 12.9. The Morgan fingerprint density at radius 3 is 2.45 bits per heavy atom. The smallest absolute Gasteiger partial charge is 0.179 e. The largest absolute Gasteiger partial charge is 0.224 e. The summed E-state index contributed by atoms with van der Waals surface area (Å²) in [6.07, 6.45) is 0. The summed E-state index contributed by atoms with van der Waals surface area (Å²) in [5.74, 6) is 0.979. The fraction of sp³-hybridized carbons (Fsp3) is 0.250. The van der Waals surface area contributed by atoms with Gasteiger partial charge in [0, 0.05) is 16.1 Å². The maximum Gasteiger partial charge on any atom is 0.179 e. The van der Waals surface area contributed by atoms with Gasteiger partial charge >= 0.3 is 0 Å². The summed E-state index contributed by atoms with van der Waals surface area (Å²) in [4.78, 5) is 1.69. The molecule has 2 aromatic rings. The SMILES string of the molecule is CC1(CSc2ccccc2)CS(=O)(=O)c2ccccc21. The standard InChI is InChI=1S/C16H16O2S2/c1-16(11-19-13-7-3-2-4-8-13)12-20(17,18)15-10-6-5-9-14(15)16/h2-10H,11-12H2,1H3. The van der Waals surface area contributed by atoms with Gasteiger partial charge in [-0.2, -0.15) is 0 Å². The topological polar surface area (TPSA) is 34.1 Å². The molecule has 0 bridgehead atoms. The molecule has 3 rings (SSSR count). The maximum atomic E-state index is 12.3. The van der Waals surface area contributed by atoms with Crippen LogP contribution in [-0.4, -0.2) is 19.9 Å². The van der Waals surface area contributed by atoms with E-state index >= 15 is 0 Å². The molecule has 0 aliphatic carbocycles. The highest BCUT2D eigenvalue weighted by Gasteiger charge is 2.43. The second-order valence-electron chi connectivity index (χ2n) is 5.42. The van der Waals surface area contributed by atoms with Crippen LogP contribution in [0.5, 0.6) is 0 Å². The third kappa shape index (κ3) is 2.38. The van der Waals surface area contributed by atoms with E-state index in [1.165, 1.54) is 4.90 Å². The van der Waals surface area contributed by atoms with Gasteiger partial charge in [0.2, 0.25) is 0 Å². The first-order chi connectivity index (χ1) is 9.51. The summed E-state index contributed by atoms with van der Waals surface area (Å²) in [7, 11) is -3.13. The molecule has 20 heavy (non-hydrogen) atoms. The number of sulfone groups is 1. The van der Waals surface area contributed by atoms with Crippen LogP contribution >= 0.6 is 11.8 Å². The Balaban J connectivity index is 1.90. The number of rotatable bonds is 3. The van der Waals surface area contributed by atoms with Crippen molar-refractivity contribution in [3.8, 4) is 0 Å². The number of thioether (sulfide) groups is 1. The highest BCUT2D eigenvalue weighted by molar-refractivity contribution is 7.99.